The van der Waals surface area contributed by atoms with Crippen molar-refractivity contribution in [2.24, 2.45) is 29.1 Å². The Balaban J connectivity index is 1.39. The van der Waals surface area contributed by atoms with Crippen LogP contribution < -0.4 is 16.0 Å². The second-order valence-corrected chi connectivity index (χ2v) is 17.3. The molecule has 1 saturated heterocycles. The van der Waals surface area contributed by atoms with Gasteiger partial charge in [0.25, 0.3) is 11.6 Å². The van der Waals surface area contributed by atoms with E-state index in [2.05, 4.69) is 20.9 Å². The van der Waals surface area contributed by atoms with Gasteiger partial charge >= 0.3 is 0 Å². The maximum atomic E-state index is 14.8. The molecule has 0 radical (unpaired) electrons. The highest BCUT2D eigenvalue weighted by Gasteiger charge is 2.49. The number of likely N-dealkylation sites (tertiary alicyclic amines) is 1. The summed E-state index contributed by atoms with van der Waals surface area (Å²) in [6, 6.07) is -1.75. The van der Waals surface area contributed by atoms with Gasteiger partial charge in [-0.3, -0.25) is 38.9 Å². The topological polar surface area (TPSA) is 201 Å². The van der Waals surface area contributed by atoms with Crippen LogP contribution in [0, 0.1) is 39.2 Å². The quantitative estimate of drug-likeness (QED) is 0.0768. The molecule has 2 heterocycles. The van der Waals surface area contributed by atoms with E-state index in [1.165, 1.54) is 6.07 Å². The number of hydrogen-bond donors (Lipinski definition) is 4. The fourth-order valence-corrected chi connectivity index (χ4v) is 8.95. The van der Waals surface area contributed by atoms with E-state index in [1.807, 2.05) is 27.7 Å². The third-order valence-electron chi connectivity index (χ3n) is 12.1. The molecule has 5 atom stereocenters. The van der Waals surface area contributed by atoms with Crippen LogP contribution in [0.1, 0.15) is 141 Å². The van der Waals surface area contributed by atoms with Gasteiger partial charge in [0.1, 0.15) is 12.1 Å². The third kappa shape index (κ3) is 10.1. The summed E-state index contributed by atoms with van der Waals surface area (Å²) in [6.07, 6.45) is 13.5. The molecular weight excluding hydrogens is 692 g/mol. The number of aromatic nitrogens is 1. The minimum Gasteiger partial charge on any atom is -0.353 e. The maximum Gasteiger partial charge on any atom is 0.289 e. The summed E-state index contributed by atoms with van der Waals surface area (Å²) in [6.45, 7) is 7.76. The van der Waals surface area contributed by atoms with Crippen molar-refractivity contribution < 1.29 is 33.7 Å². The Morgan fingerprint density at radius 1 is 0.926 bits per heavy atom. The normalized spacial score (nSPS) is 22.9. The van der Waals surface area contributed by atoms with Crippen molar-refractivity contribution in [2.45, 2.75) is 155 Å². The molecule has 4 aliphatic rings. The smallest absolute Gasteiger partial charge is 0.289 e. The first-order valence-corrected chi connectivity index (χ1v) is 20.3. The predicted molar refractivity (Wildman–Crippen MR) is 201 cm³/mol. The summed E-state index contributed by atoms with van der Waals surface area (Å²) < 4.78 is 0. The van der Waals surface area contributed by atoms with Gasteiger partial charge in [-0.15, -0.1) is 0 Å². The number of H-pyrrole nitrogens is 1. The van der Waals surface area contributed by atoms with Gasteiger partial charge in [-0.1, -0.05) is 85.5 Å². The van der Waals surface area contributed by atoms with Crippen LogP contribution in [0.2, 0.25) is 0 Å². The molecule has 0 unspecified atom stereocenters. The molecule has 14 nitrogen and oxygen atoms in total. The summed E-state index contributed by atoms with van der Waals surface area (Å²) in [5, 5.41) is 20.0. The lowest BCUT2D eigenvalue weighted by atomic mass is 9.76. The van der Waals surface area contributed by atoms with Crippen LogP contribution in [-0.2, 0) is 24.0 Å². The number of Topliss-reactive ketones (excluding diaryl/α,β-unsaturated/α-hetero) is 2. The van der Waals surface area contributed by atoms with E-state index >= 15 is 0 Å². The van der Waals surface area contributed by atoms with E-state index in [0.717, 1.165) is 83.2 Å². The maximum absolute atomic E-state index is 14.8. The van der Waals surface area contributed by atoms with E-state index in [4.69, 9.17) is 0 Å². The van der Waals surface area contributed by atoms with Crippen LogP contribution >= 0.6 is 0 Å². The monoisotopic (exact) mass is 752 g/mol. The molecule has 0 aromatic carbocycles. The second-order valence-electron chi connectivity index (χ2n) is 17.3. The molecular formula is C40H60N6O8. The number of carbonyl (C=O) groups excluding carboxylic acids is 6. The van der Waals surface area contributed by atoms with Crippen LogP contribution in [0.25, 0.3) is 0 Å². The van der Waals surface area contributed by atoms with Crippen molar-refractivity contribution in [1.29, 1.82) is 0 Å². The molecule has 0 bridgehead atoms. The van der Waals surface area contributed by atoms with Gasteiger partial charge in [0.2, 0.25) is 23.5 Å². The number of nitro groups is 1. The molecule has 1 aliphatic heterocycles. The number of ketones is 2. The highest BCUT2D eigenvalue weighted by atomic mass is 16.6. The lowest BCUT2D eigenvalue weighted by molar-refractivity contribution is -0.384. The van der Waals surface area contributed by atoms with Crippen LogP contribution in [0.5, 0.6) is 0 Å². The number of nitrogens with zero attached hydrogens (tertiary/aromatic N) is 2. The molecule has 298 valence electrons. The molecule has 4 N–H and O–H groups in total. The van der Waals surface area contributed by atoms with Crippen LogP contribution in [0.15, 0.2) is 12.3 Å². The molecule has 3 aliphatic carbocycles. The zero-order valence-electron chi connectivity index (χ0n) is 32.5. The number of amides is 4. The molecule has 0 spiro atoms. The number of hydrogen-bond acceptors (Lipinski definition) is 8. The summed E-state index contributed by atoms with van der Waals surface area (Å²) in [5.74, 6) is -3.85. The fourth-order valence-electron chi connectivity index (χ4n) is 8.95. The van der Waals surface area contributed by atoms with Gasteiger partial charge < -0.3 is 25.8 Å². The van der Waals surface area contributed by atoms with Gasteiger partial charge in [-0.2, -0.15) is 0 Å². The van der Waals surface area contributed by atoms with E-state index in [-0.39, 0.29) is 48.0 Å². The molecule has 5 rings (SSSR count). The molecule has 1 aromatic rings. The molecule has 3 saturated carbocycles. The van der Waals surface area contributed by atoms with Crippen molar-refractivity contribution in [3.63, 3.8) is 0 Å². The zero-order chi connectivity index (χ0) is 39.2. The van der Waals surface area contributed by atoms with Gasteiger partial charge in [-0.05, 0) is 61.7 Å². The Labute approximate surface area is 318 Å². The Kier molecular flexibility index (Phi) is 13.7. The van der Waals surface area contributed by atoms with Gasteiger partial charge in [0.05, 0.1) is 22.9 Å². The highest BCUT2D eigenvalue weighted by molar-refractivity contribution is 6.38. The SMILES string of the molecule is CCC[C@H](NC(=O)[C@@H]1[C@@H](C2CCCCC2)CCN1C(=O)[C@@H](NC(=O)[C@@H](CC(=O)c1cc([N+](=O)[O-])c[nH]1)C1CCCCC1)C(C)(C)C)C(=O)C(=O)NC1CC1. The lowest BCUT2D eigenvalue weighted by Gasteiger charge is -2.39. The van der Waals surface area contributed by atoms with Crippen LogP contribution in [0.3, 0.4) is 0 Å². The number of rotatable bonds is 16. The molecule has 4 amide bonds. The average molecular weight is 753 g/mol. The summed E-state index contributed by atoms with van der Waals surface area (Å²) >= 11 is 0. The summed E-state index contributed by atoms with van der Waals surface area (Å²) in [4.78, 5) is 98.1. The molecule has 1 aromatic heterocycles. The highest BCUT2D eigenvalue weighted by Crippen LogP contribution is 2.40. The van der Waals surface area contributed by atoms with Crippen LogP contribution in [-0.4, -0.2) is 80.7 Å². The molecule has 14 heteroatoms. The Hall–Kier alpha value is -4.10. The molecule has 54 heavy (non-hydrogen) atoms. The Bertz CT molecular complexity index is 1550. The lowest BCUT2D eigenvalue weighted by Crippen LogP contribution is -2.61. The first kappa shape index (κ1) is 41.1. The summed E-state index contributed by atoms with van der Waals surface area (Å²) in [5.41, 5.74) is -0.958. The largest absolute Gasteiger partial charge is 0.353 e. The van der Waals surface area contributed by atoms with E-state index in [9.17, 15) is 38.9 Å². The van der Waals surface area contributed by atoms with E-state index < -0.39 is 69.6 Å². The predicted octanol–water partition coefficient (Wildman–Crippen LogP) is 5.15. The first-order valence-electron chi connectivity index (χ1n) is 20.3. The fraction of sp³-hybridized carbons (Fsp3) is 0.750. The van der Waals surface area contributed by atoms with Crippen molar-refractivity contribution >= 4 is 40.9 Å². The van der Waals surface area contributed by atoms with Crippen molar-refractivity contribution in [1.82, 2.24) is 25.8 Å². The van der Waals surface area contributed by atoms with E-state index in [0.29, 0.717) is 19.4 Å². The van der Waals surface area contributed by atoms with Crippen molar-refractivity contribution in [3.8, 4) is 0 Å². The summed E-state index contributed by atoms with van der Waals surface area (Å²) in [7, 11) is 0. The first-order chi connectivity index (χ1) is 25.7. The average Bonchev–Trinajstić information content (AvgIpc) is 3.61. The number of carbonyl (C=O) groups is 6. The minimum absolute atomic E-state index is 0.00616. The van der Waals surface area contributed by atoms with E-state index in [1.54, 1.807) is 4.90 Å². The van der Waals surface area contributed by atoms with Gasteiger partial charge in [-0.25, -0.2) is 0 Å². The van der Waals surface area contributed by atoms with Crippen LogP contribution in [0.4, 0.5) is 5.69 Å². The van der Waals surface area contributed by atoms with Crippen molar-refractivity contribution in [3.05, 3.63) is 28.1 Å². The van der Waals surface area contributed by atoms with Gasteiger partial charge in [0.15, 0.2) is 5.78 Å². The Morgan fingerprint density at radius 3 is 2.15 bits per heavy atom. The minimum atomic E-state index is -1.03. The third-order valence-corrected chi connectivity index (χ3v) is 12.1. The van der Waals surface area contributed by atoms with Crippen molar-refractivity contribution in [2.75, 3.05) is 6.54 Å². The second kappa shape index (κ2) is 18.0. The number of nitrogens with one attached hydrogen (secondary N) is 4. The molecule has 4 fully saturated rings. The van der Waals surface area contributed by atoms with Gasteiger partial charge in [0, 0.05) is 31.0 Å². The number of aromatic amines is 1. The standard InChI is InChI=1S/C40H60N6O8/c1-5-12-30(34(48)38(51)42-26-17-18-26)43-37(50)33-28(24-13-8-6-9-14-24)19-20-45(33)39(52)35(40(2,3)4)44-36(49)29(25-15-10-7-11-16-25)22-32(47)31-21-27(23-41-31)46(53)54/h21,23-26,28-30,33,35,41H,5-20,22H2,1-4H3,(H,42,51)(H,43,50)(H,44,49)/t28-,29+,30+,33+,35-/m1/s1. The Morgan fingerprint density at radius 2 is 1.57 bits per heavy atom. The zero-order valence-corrected chi connectivity index (χ0v) is 32.5.